The van der Waals surface area contributed by atoms with Gasteiger partial charge in [-0.2, -0.15) is 0 Å². The first kappa shape index (κ1) is 22.3. The van der Waals surface area contributed by atoms with E-state index in [1.54, 1.807) is 23.7 Å². The molecule has 0 aliphatic carbocycles. The van der Waals surface area contributed by atoms with Crippen LogP contribution in [0.5, 0.6) is 11.5 Å². The van der Waals surface area contributed by atoms with Crippen LogP contribution in [0.2, 0.25) is 0 Å². The molecule has 0 saturated carbocycles. The number of hydrogen-bond acceptors (Lipinski definition) is 8. The van der Waals surface area contributed by atoms with Crippen molar-refractivity contribution in [1.82, 2.24) is 14.0 Å². The molecule has 1 aliphatic rings. The van der Waals surface area contributed by atoms with Crippen molar-refractivity contribution in [2.24, 2.45) is 5.41 Å². The smallest absolute Gasteiger partial charge is 0.269 e. The Hall–Kier alpha value is -3.50. The van der Waals surface area contributed by atoms with Gasteiger partial charge >= 0.3 is 0 Å². The Bertz CT molecular complexity index is 1670. The third-order valence-corrected chi connectivity index (χ3v) is 7.12. The van der Waals surface area contributed by atoms with E-state index in [0.717, 1.165) is 5.56 Å². The number of rotatable bonds is 4. The van der Waals surface area contributed by atoms with Crippen molar-refractivity contribution in [1.29, 1.82) is 0 Å². The third kappa shape index (κ3) is 4.22. The predicted molar refractivity (Wildman–Crippen MR) is 131 cm³/mol. The van der Waals surface area contributed by atoms with Crippen LogP contribution in [-0.4, -0.2) is 26.5 Å². The fraction of sp³-hybridized carbons (Fsp3) is 0.250. The Morgan fingerprint density at radius 2 is 1.97 bits per heavy atom. The molecule has 174 valence electrons. The molecule has 0 N–H and O–H groups in total. The molecule has 0 spiro atoms. The predicted octanol–water partition coefficient (Wildman–Crippen LogP) is 1.98. The van der Waals surface area contributed by atoms with E-state index >= 15 is 0 Å². The minimum Gasteiger partial charge on any atom is -0.454 e. The lowest BCUT2D eigenvalue weighted by Crippen LogP contribution is -2.33. The maximum absolute atomic E-state index is 13.4. The average molecular weight is 496 g/mol. The van der Waals surface area contributed by atoms with Gasteiger partial charge in [0.25, 0.3) is 11.1 Å². The summed E-state index contributed by atoms with van der Waals surface area (Å²) in [5.74, 6) is 1.18. The molecular formula is C24H21N3O5S2. The maximum Gasteiger partial charge on any atom is 0.269 e. The van der Waals surface area contributed by atoms with Crippen LogP contribution in [0, 0.1) is 5.41 Å². The lowest BCUT2D eigenvalue weighted by Gasteiger charge is -2.12. The molecule has 0 amide bonds. The molecule has 4 heterocycles. The van der Waals surface area contributed by atoms with Gasteiger partial charge in [-0.1, -0.05) is 26.8 Å². The van der Waals surface area contributed by atoms with Crippen molar-refractivity contribution in [3.05, 3.63) is 77.0 Å². The molecule has 5 rings (SSSR count). The zero-order valence-corrected chi connectivity index (χ0v) is 20.4. The van der Waals surface area contributed by atoms with E-state index in [0.29, 0.717) is 31.3 Å². The SMILES string of the molecule is CC(C)(C)C(=O)/C=c1/s/c(=C/c2ccc3c(c2)OCO3)c(=O)n1Cc1cc(=O)n2ccsc2n1. The monoisotopic (exact) mass is 495 g/mol. The van der Waals surface area contributed by atoms with Crippen LogP contribution in [0.25, 0.3) is 17.1 Å². The summed E-state index contributed by atoms with van der Waals surface area (Å²) in [5, 5.41) is 1.78. The van der Waals surface area contributed by atoms with Crippen molar-refractivity contribution in [3.63, 3.8) is 0 Å². The van der Waals surface area contributed by atoms with E-state index in [9.17, 15) is 14.4 Å². The second kappa shape index (κ2) is 8.37. The van der Waals surface area contributed by atoms with Crippen molar-refractivity contribution in [2.75, 3.05) is 6.79 Å². The van der Waals surface area contributed by atoms with Crippen molar-refractivity contribution < 1.29 is 14.3 Å². The fourth-order valence-electron chi connectivity index (χ4n) is 3.41. The Morgan fingerprint density at radius 1 is 1.18 bits per heavy atom. The number of thiazole rings is 2. The minimum absolute atomic E-state index is 0.0806. The Morgan fingerprint density at radius 3 is 2.76 bits per heavy atom. The van der Waals surface area contributed by atoms with Gasteiger partial charge in [0.1, 0.15) is 4.66 Å². The quantitative estimate of drug-likeness (QED) is 0.430. The minimum atomic E-state index is -0.598. The van der Waals surface area contributed by atoms with Crippen LogP contribution in [0.4, 0.5) is 0 Å². The molecule has 0 radical (unpaired) electrons. The lowest BCUT2D eigenvalue weighted by atomic mass is 9.91. The molecule has 0 saturated heterocycles. The summed E-state index contributed by atoms with van der Waals surface area (Å²) >= 11 is 2.57. The average Bonchev–Trinajstić information content (AvgIpc) is 3.49. The van der Waals surface area contributed by atoms with E-state index in [1.165, 1.54) is 43.8 Å². The maximum atomic E-state index is 13.4. The number of benzene rings is 1. The number of carbonyl (C=O) groups excluding carboxylic acids is 1. The van der Waals surface area contributed by atoms with E-state index in [2.05, 4.69) is 4.98 Å². The summed E-state index contributed by atoms with van der Waals surface area (Å²) in [7, 11) is 0. The van der Waals surface area contributed by atoms with Gasteiger partial charge in [-0.25, -0.2) is 4.98 Å². The van der Waals surface area contributed by atoms with Gasteiger partial charge in [0.15, 0.2) is 22.2 Å². The van der Waals surface area contributed by atoms with Crippen LogP contribution in [-0.2, 0) is 11.3 Å². The highest BCUT2D eigenvalue weighted by Crippen LogP contribution is 2.32. The summed E-state index contributed by atoms with van der Waals surface area (Å²) in [6, 6.07) is 6.86. The summed E-state index contributed by atoms with van der Waals surface area (Å²) in [5.41, 5.74) is 0.162. The molecule has 34 heavy (non-hydrogen) atoms. The highest BCUT2D eigenvalue weighted by molar-refractivity contribution is 7.15. The summed E-state index contributed by atoms with van der Waals surface area (Å²) in [4.78, 5) is 43.7. The zero-order chi connectivity index (χ0) is 24.0. The molecule has 10 heteroatoms. The van der Waals surface area contributed by atoms with Gasteiger partial charge in [0.2, 0.25) is 6.79 Å². The number of nitrogens with zero attached hydrogens (tertiary/aromatic N) is 3. The standard InChI is InChI=1S/C24H21N3O5S2/c1-24(2,3)19(28)11-21-27(12-15-10-20(29)26-6-7-33-23(26)25-15)22(30)18(34-21)9-14-4-5-16-17(8-14)32-13-31-16/h4-11H,12-13H2,1-3H3/b18-9+,21-11+. The molecule has 8 nitrogen and oxygen atoms in total. The van der Waals surface area contributed by atoms with E-state index in [-0.39, 0.29) is 30.2 Å². The van der Waals surface area contributed by atoms with Gasteiger partial charge in [-0.15, -0.1) is 22.7 Å². The molecule has 1 aromatic carbocycles. The van der Waals surface area contributed by atoms with E-state index < -0.39 is 5.41 Å². The molecule has 1 aliphatic heterocycles. The second-order valence-corrected chi connectivity index (χ2v) is 10.8. The molecule has 0 fully saturated rings. The van der Waals surface area contributed by atoms with Gasteiger partial charge in [0, 0.05) is 29.1 Å². The normalized spacial score (nSPS) is 14.3. The second-order valence-electron chi connectivity index (χ2n) is 8.85. The first-order valence-electron chi connectivity index (χ1n) is 10.5. The Labute approximate surface area is 201 Å². The zero-order valence-electron chi connectivity index (χ0n) is 18.7. The first-order valence-corrected chi connectivity index (χ1v) is 12.2. The van der Waals surface area contributed by atoms with E-state index in [1.807, 2.05) is 32.9 Å². The summed E-state index contributed by atoms with van der Waals surface area (Å²) in [6.07, 6.45) is 4.92. The highest BCUT2D eigenvalue weighted by Gasteiger charge is 2.20. The lowest BCUT2D eigenvalue weighted by molar-refractivity contribution is -0.120. The number of aromatic nitrogens is 3. The summed E-state index contributed by atoms with van der Waals surface area (Å²) in [6.45, 7) is 5.73. The molecule has 3 aromatic heterocycles. The molecular weight excluding hydrogens is 474 g/mol. The van der Waals surface area contributed by atoms with Gasteiger partial charge in [0.05, 0.1) is 16.8 Å². The largest absolute Gasteiger partial charge is 0.454 e. The van der Waals surface area contributed by atoms with Gasteiger partial charge < -0.3 is 9.47 Å². The van der Waals surface area contributed by atoms with Crippen molar-refractivity contribution >= 4 is 45.6 Å². The highest BCUT2D eigenvalue weighted by atomic mass is 32.1. The van der Waals surface area contributed by atoms with Crippen molar-refractivity contribution in [2.45, 2.75) is 27.3 Å². The topological polar surface area (TPSA) is 91.9 Å². The number of fused-ring (bicyclic) bond motifs is 2. The van der Waals surface area contributed by atoms with Crippen LogP contribution in [0.1, 0.15) is 32.0 Å². The Kier molecular flexibility index (Phi) is 5.49. The molecule has 0 atom stereocenters. The molecule has 0 unspecified atom stereocenters. The van der Waals surface area contributed by atoms with Crippen LogP contribution in [0.3, 0.4) is 0 Å². The van der Waals surface area contributed by atoms with Gasteiger partial charge in [-0.05, 0) is 23.8 Å². The third-order valence-electron chi connectivity index (χ3n) is 5.30. The van der Waals surface area contributed by atoms with Crippen molar-refractivity contribution in [3.8, 4) is 11.5 Å². The van der Waals surface area contributed by atoms with E-state index in [4.69, 9.17) is 9.47 Å². The van der Waals surface area contributed by atoms with Crippen LogP contribution >= 0.6 is 22.7 Å². The number of carbonyl (C=O) groups is 1. The number of Topliss-reactive ketones (excluding diaryl/α,β-unsaturated/α-hetero) is 1. The Balaban J connectivity index is 1.65. The number of hydrogen-bond donors (Lipinski definition) is 0. The van der Waals surface area contributed by atoms with Gasteiger partial charge in [-0.3, -0.25) is 23.4 Å². The summed E-state index contributed by atoms with van der Waals surface area (Å²) < 4.78 is 14.7. The number of ketones is 1. The van der Waals surface area contributed by atoms with Crippen LogP contribution < -0.4 is 29.8 Å². The molecule has 0 bridgehead atoms. The number of ether oxygens (including phenoxy) is 2. The first-order chi connectivity index (χ1) is 16.2. The fourth-order valence-corrected chi connectivity index (χ4v) is 5.19. The molecule has 4 aromatic rings. The van der Waals surface area contributed by atoms with Crippen LogP contribution in [0.15, 0.2) is 45.4 Å².